The van der Waals surface area contributed by atoms with Crippen LogP contribution in [0.1, 0.15) is 11.1 Å². The fourth-order valence-corrected chi connectivity index (χ4v) is 3.05. The first-order valence-corrected chi connectivity index (χ1v) is 7.03. The summed E-state index contributed by atoms with van der Waals surface area (Å²) in [5, 5.41) is 9.75. The van der Waals surface area contributed by atoms with Gasteiger partial charge in [0.05, 0.1) is 11.8 Å². The summed E-state index contributed by atoms with van der Waals surface area (Å²) in [5.41, 5.74) is 6.33. The molecule has 1 atom stereocenters. The zero-order valence-electron chi connectivity index (χ0n) is 10.7. The van der Waals surface area contributed by atoms with Crippen molar-refractivity contribution in [2.75, 3.05) is 6.61 Å². The number of aromatic nitrogens is 1. The highest BCUT2D eigenvalue weighted by atomic mass is 79.9. The maximum Gasteiger partial charge on any atom is 0.283 e. The molecule has 0 saturated heterocycles. The lowest BCUT2D eigenvalue weighted by Gasteiger charge is -2.32. The number of ether oxygens (including phenoxy) is 2. The van der Waals surface area contributed by atoms with E-state index in [4.69, 9.17) is 15.2 Å². The van der Waals surface area contributed by atoms with Crippen LogP contribution in [0.15, 0.2) is 39.9 Å². The van der Waals surface area contributed by atoms with Gasteiger partial charge >= 0.3 is 0 Å². The summed E-state index contributed by atoms with van der Waals surface area (Å²) in [5.74, 6) is 1.08. The number of rotatable bonds is 0. The van der Waals surface area contributed by atoms with E-state index < -0.39 is 5.54 Å². The van der Waals surface area contributed by atoms with Crippen LogP contribution in [0.25, 0.3) is 0 Å². The Morgan fingerprint density at radius 3 is 2.90 bits per heavy atom. The molecule has 3 N–H and O–H groups in total. The van der Waals surface area contributed by atoms with Gasteiger partial charge in [0.1, 0.15) is 18.1 Å². The first-order chi connectivity index (χ1) is 10.1. The molecule has 7 heteroatoms. The van der Waals surface area contributed by atoms with Gasteiger partial charge in [-0.25, -0.2) is 9.98 Å². The minimum atomic E-state index is -0.845. The van der Waals surface area contributed by atoms with E-state index in [1.807, 2.05) is 18.2 Å². The van der Waals surface area contributed by atoms with Gasteiger partial charge in [-0.15, -0.1) is 0 Å². The average molecular weight is 348 g/mol. The molecule has 1 aromatic heterocycles. The Morgan fingerprint density at radius 1 is 1.29 bits per heavy atom. The molecule has 0 amide bonds. The van der Waals surface area contributed by atoms with E-state index in [1.165, 1.54) is 6.20 Å². The largest absolute Gasteiger partial charge is 0.506 e. The second kappa shape index (κ2) is 4.11. The number of pyridine rings is 1. The normalized spacial score (nSPS) is 22.0. The van der Waals surface area contributed by atoms with E-state index in [0.717, 1.165) is 10.0 Å². The topological polar surface area (TPSA) is 90.0 Å². The molecule has 1 aromatic carbocycles. The number of aromatic hydroxyl groups is 1. The summed E-state index contributed by atoms with van der Waals surface area (Å²) >= 11 is 3.45. The van der Waals surface area contributed by atoms with Gasteiger partial charge in [-0.05, 0) is 24.3 Å². The van der Waals surface area contributed by atoms with Crippen LogP contribution in [0.4, 0.5) is 0 Å². The van der Waals surface area contributed by atoms with Crippen LogP contribution in [-0.2, 0) is 10.3 Å². The van der Waals surface area contributed by atoms with E-state index >= 15 is 0 Å². The summed E-state index contributed by atoms with van der Waals surface area (Å²) in [7, 11) is 0. The van der Waals surface area contributed by atoms with Crippen molar-refractivity contribution in [2.45, 2.75) is 5.54 Å². The third-order valence-corrected chi connectivity index (χ3v) is 4.10. The molecule has 0 fully saturated rings. The van der Waals surface area contributed by atoms with Gasteiger partial charge in [0.25, 0.3) is 6.02 Å². The molecule has 1 spiro atoms. The maximum absolute atomic E-state index is 9.75. The van der Waals surface area contributed by atoms with Crippen LogP contribution in [-0.4, -0.2) is 22.7 Å². The third kappa shape index (κ3) is 1.70. The molecule has 21 heavy (non-hydrogen) atoms. The second-order valence-electron chi connectivity index (χ2n) is 4.89. The summed E-state index contributed by atoms with van der Waals surface area (Å²) in [4.78, 5) is 8.60. The zero-order valence-corrected chi connectivity index (χ0v) is 12.3. The fraction of sp³-hybridized carbons (Fsp3) is 0.143. The van der Waals surface area contributed by atoms with Crippen LogP contribution in [0.2, 0.25) is 0 Å². The van der Waals surface area contributed by atoms with Crippen molar-refractivity contribution < 1.29 is 14.6 Å². The van der Waals surface area contributed by atoms with E-state index in [0.29, 0.717) is 17.2 Å². The molecule has 2 aliphatic heterocycles. The van der Waals surface area contributed by atoms with Crippen molar-refractivity contribution in [2.24, 2.45) is 10.7 Å². The van der Waals surface area contributed by atoms with Crippen LogP contribution in [0, 0.1) is 0 Å². The quantitative estimate of drug-likeness (QED) is 0.762. The van der Waals surface area contributed by atoms with Crippen molar-refractivity contribution in [3.63, 3.8) is 0 Å². The highest BCUT2D eigenvalue weighted by Crippen LogP contribution is 2.51. The fourth-order valence-electron chi connectivity index (χ4n) is 2.69. The summed E-state index contributed by atoms with van der Waals surface area (Å²) < 4.78 is 12.1. The van der Waals surface area contributed by atoms with Gasteiger partial charge in [0.2, 0.25) is 5.88 Å². The standard InChI is InChI=1S/C14H10BrN3O3/c15-7-1-2-11-9(3-7)14(6-20-13(16)18-14)10-4-8(19)5-17-12(10)21-11/h1-5,19H,6H2,(H2,16,18)/t14-/m0/s1. The number of hydrogen-bond acceptors (Lipinski definition) is 6. The molecule has 3 heterocycles. The lowest BCUT2D eigenvalue weighted by Crippen LogP contribution is -2.31. The number of benzene rings is 1. The molecular formula is C14H10BrN3O3. The highest BCUT2D eigenvalue weighted by Gasteiger charge is 2.47. The first kappa shape index (κ1) is 12.5. The van der Waals surface area contributed by atoms with Crippen LogP contribution < -0.4 is 10.5 Å². The Kier molecular flexibility index (Phi) is 2.44. The SMILES string of the molecule is NC1=N[C@@]2(CO1)c1cc(Br)ccc1Oc1ncc(O)cc12. The van der Waals surface area contributed by atoms with Crippen molar-refractivity contribution >= 4 is 22.0 Å². The monoisotopic (exact) mass is 347 g/mol. The number of hydrogen-bond donors (Lipinski definition) is 2. The molecule has 6 nitrogen and oxygen atoms in total. The Morgan fingerprint density at radius 2 is 2.14 bits per heavy atom. The number of amidine groups is 1. The third-order valence-electron chi connectivity index (χ3n) is 3.61. The van der Waals surface area contributed by atoms with Crippen molar-refractivity contribution in [3.8, 4) is 17.4 Å². The van der Waals surface area contributed by atoms with Crippen LogP contribution in [0.3, 0.4) is 0 Å². The lowest BCUT2D eigenvalue weighted by atomic mass is 9.82. The molecule has 2 aromatic rings. The van der Waals surface area contributed by atoms with E-state index in [9.17, 15) is 5.11 Å². The molecule has 4 rings (SSSR count). The van der Waals surface area contributed by atoms with Gasteiger partial charge in [-0.2, -0.15) is 0 Å². The van der Waals surface area contributed by atoms with Crippen molar-refractivity contribution in [3.05, 3.63) is 46.1 Å². The minimum Gasteiger partial charge on any atom is -0.506 e. The molecule has 0 aliphatic carbocycles. The van der Waals surface area contributed by atoms with Gasteiger partial charge < -0.3 is 20.3 Å². The summed E-state index contributed by atoms with van der Waals surface area (Å²) in [6, 6.07) is 7.31. The van der Waals surface area contributed by atoms with Crippen molar-refractivity contribution in [1.29, 1.82) is 0 Å². The number of aliphatic imine (C=N–C) groups is 1. The molecule has 2 aliphatic rings. The Balaban J connectivity index is 2.05. The number of nitrogens with two attached hydrogens (primary N) is 1. The Labute approximate surface area is 128 Å². The number of halogens is 1. The minimum absolute atomic E-state index is 0.0378. The van der Waals surface area contributed by atoms with Crippen molar-refractivity contribution in [1.82, 2.24) is 4.98 Å². The maximum atomic E-state index is 9.75. The molecule has 106 valence electrons. The smallest absolute Gasteiger partial charge is 0.283 e. The van der Waals surface area contributed by atoms with E-state index in [-0.39, 0.29) is 18.4 Å². The van der Waals surface area contributed by atoms with E-state index in [2.05, 4.69) is 25.9 Å². The van der Waals surface area contributed by atoms with E-state index in [1.54, 1.807) is 6.07 Å². The summed E-state index contributed by atoms with van der Waals surface area (Å²) in [6.07, 6.45) is 1.33. The zero-order chi connectivity index (χ0) is 14.6. The number of nitrogens with zero attached hydrogens (tertiary/aromatic N) is 2. The molecule has 0 saturated carbocycles. The van der Waals surface area contributed by atoms with Gasteiger partial charge in [-0.1, -0.05) is 15.9 Å². The van der Waals surface area contributed by atoms with Crippen LogP contribution >= 0.6 is 15.9 Å². The predicted octanol–water partition coefficient (Wildman–Crippen LogP) is 2.24. The van der Waals surface area contributed by atoms with Gasteiger partial charge in [0.15, 0.2) is 5.54 Å². The highest BCUT2D eigenvalue weighted by molar-refractivity contribution is 9.10. The Hall–Kier alpha value is -2.28. The first-order valence-electron chi connectivity index (χ1n) is 6.24. The van der Waals surface area contributed by atoms with Crippen LogP contribution in [0.5, 0.6) is 17.4 Å². The molecule has 0 bridgehead atoms. The molecular weight excluding hydrogens is 338 g/mol. The lowest BCUT2D eigenvalue weighted by molar-refractivity contribution is 0.261. The predicted molar refractivity (Wildman–Crippen MR) is 78.5 cm³/mol. The molecule has 0 unspecified atom stereocenters. The van der Waals surface area contributed by atoms with Gasteiger partial charge in [0, 0.05) is 10.0 Å². The van der Waals surface area contributed by atoms with Gasteiger partial charge in [-0.3, -0.25) is 0 Å². The number of fused-ring (bicyclic) bond motifs is 4. The summed E-state index contributed by atoms with van der Waals surface area (Å²) in [6.45, 7) is 0.240. The Bertz CT molecular complexity index is 740. The average Bonchev–Trinajstić information content (AvgIpc) is 2.84. The molecule has 0 radical (unpaired) electrons. The second-order valence-corrected chi connectivity index (χ2v) is 5.80.